The Bertz CT molecular complexity index is 1210. The van der Waals surface area contributed by atoms with E-state index in [0.717, 1.165) is 22.0 Å². The summed E-state index contributed by atoms with van der Waals surface area (Å²) in [5.41, 5.74) is 2.41. The van der Waals surface area contributed by atoms with Gasteiger partial charge in [-0.15, -0.1) is 0 Å². The van der Waals surface area contributed by atoms with Crippen LogP contribution in [0.25, 0.3) is 22.1 Å². The molecule has 30 heavy (non-hydrogen) atoms. The highest BCUT2D eigenvalue weighted by atomic mass is 16.3. The smallest absolute Gasteiger partial charge is 0.229 e. The zero-order valence-electron chi connectivity index (χ0n) is 16.1. The number of nitrogens with one attached hydrogen (secondary N) is 1. The third kappa shape index (κ3) is 3.33. The van der Waals surface area contributed by atoms with Crippen molar-refractivity contribution < 1.29 is 14.0 Å². The molecule has 148 valence electrons. The van der Waals surface area contributed by atoms with Crippen LogP contribution in [0.1, 0.15) is 6.42 Å². The Balaban J connectivity index is 1.31. The molecule has 2 amide bonds. The number of benzene rings is 3. The van der Waals surface area contributed by atoms with Crippen molar-refractivity contribution >= 4 is 34.0 Å². The molecule has 1 fully saturated rings. The second-order valence-corrected chi connectivity index (χ2v) is 7.34. The van der Waals surface area contributed by atoms with Crippen molar-refractivity contribution in [1.29, 1.82) is 0 Å². The lowest BCUT2D eigenvalue weighted by Crippen LogP contribution is -2.28. The normalized spacial score (nSPS) is 16.2. The fourth-order valence-electron chi connectivity index (χ4n) is 3.88. The molecule has 1 aliphatic heterocycles. The van der Waals surface area contributed by atoms with Crippen molar-refractivity contribution in [3.8, 4) is 11.3 Å². The Morgan fingerprint density at radius 2 is 1.83 bits per heavy atom. The summed E-state index contributed by atoms with van der Waals surface area (Å²) >= 11 is 0. The van der Waals surface area contributed by atoms with Gasteiger partial charge in [-0.3, -0.25) is 9.59 Å². The van der Waals surface area contributed by atoms with Crippen molar-refractivity contribution in [2.24, 2.45) is 5.92 Å². The number of amides is 2. The van der Waals surface area contributed by atoms with E-state index in [1.54, 1.807) is 11.1 Å². The minimum Gasteiger partial charge on any atom is -0.444 e. The summed E-state index contributed by atoms with van der Waals surface area (Å²) < 4.78 is 5.28. The molecule has 0 spiro atoms. The average molecular weight is 397 g/mol. The first kappa shape index (κ1) is 18.1. The van der Waals surface area contributed by atoms with Gasteiger partial charge in [0.15, 0.2) is 12.2 Å². The highest BCUT2D eigenvalue weighted by Crippen LogP contribution is 2.32. The van der Waals surface area contributed by atoms with E-state index in [9.17, 15) is 9.59 Å². The van der Waals surface area contributed by atoms with Gasteiger partial charge in [0.05, 0.1) is 17.8 Å². The van der Waals surface area contributed by atoms with Gasteiger partial charge < -0.3 is 14.6 Å². The number of fused-ring (bicyclic) bond motifs is 1. The Hall–Kier alpha value is -3.93. The van der Waals surface area contributed by atoms with E-state index >= 15 is 0 Å². The van der Waals surface area contributed by atoms with Crippen LogP contribution in [0.15, 0.2) is 83.7 Å². The second-order valence-electron chi connectivity index (χ2n) is 7.34. The predicted octanol–water partition coefficient (Wildman–Crippen LogP) is 4.49. The molecule has 1 saturated heterocycles. The van der Waals surface area contributed by atoms with Crippen LogP contribution in [0.2, 0.25) is 0 Å². The highest BCUT2D eigenvalue weighted by molar-refractivity contribution is 6.08. The quantitative estimate of drug-likeness (QED) is 0.551. The fraction of sp³-hybridized carbons (Fsp3) is 0.125. The SMILES string of the molecule is O=C(Nc1ccc(-c2cnco2)cc1)C1CC(=O)N(c2cccc3ccccc23)C1. The minimum atomic E-state index is -0.398. The van der Waals surface area contributed by atoms with Crippen LogP contribution in [0.3, 0.4) is 0 Å². The van der Waals surface area contributed by atoms with Crippen LogP contribution in [-0.2, 0) is 9.59 Å². The average Bonchev–Trinajstić information content (AvgIpc) is 3.44. The van der Waals surface area contributed by atoms with Gasteiger partial charge in [-0.05, 0) is 35.7 Å². The van der Waals surface area contributed by atoms with Gasteiger partial charge in [-0.25, -0.2) is 4.98 Å². The number of rotatable bonds is 4. The second kappa shape index (κ2) is 7.48. The first-order chi connectivity index (χ1) is 14.7. The summed E-state index contributed by atoms with van der Waals surface area (Å²) in [6.07, 6.45) is 3.22. The number of carbonyl (C=O) groups excluding carboxylic acids is 2. The minimum absolute atomic E-state index is 0.0350. The Morgan fingerprint density at radius 1 is 1.03 bits per heavy atom. The van der Waals surface area contributed by atoms with Crippen LogP contribution < -0.4 is 10.2 Å². The highest BCUT2D eigenvalue weighted by Gasteiger charge is 2.35. The van der Waals surface area contributed by atoms with Gasteiger partial charge in [0.2, 0.25) is 11.8 Å². The standard InChI is InChI=1S/C24H19N3O3/c28-23-12-18(14-27(23)21-7-3-5-16-4-1-2-6-20(16)21)24(29)26-19-10-8-17(9-11-19)22-13-25-15-30-22/h1-11,13,15,18H,12,14H2,(H,26,29). The van der Waals surface area contributed by atoms with E-state index in [1.165, 1.54) is 6.39 Å². The van der Waals surface area contributed by atoms with Crippen LogP contribution in [-0.4, -0.2) is 23.3 Å². The molecule has 5 rings (SSSR count). The molecule has 0 bridgehead atoms. The summed E-state index contributed by atoms with van der Waals surface area (Å²) in [6, 6.07) is 21.2. The molecule has 6 heteroatoms. The summed E-state index contributed by atoms with van der Waals surface area (Å²) in [6.45, 7) is 0.370. The number of anilines is 2. The van der Waals surface area contributed by atoms with Crippen LogP contribution in [0.5, 0.6) is 0 Å². The molecular formula is C24H19N3O3. The molecule has 0 aliphatic carbocycles. The van der Waals surface area contributed by atoms with Gasteiger partial charge in [-0.2, -0.15) is 0 Å². The zero-order chi connectivity index (χ0) is 20.5. The maximum Gasteiger partial charge on any atom is 0.229 e. The lowest BCUT2D eigenvalue weighted by Gasteiger charge is -2.19. The summed E-state index contributed by atoms with van der Waals surface area (Å²) in [4.78, 5) is 31.1. The first-order valence-electron chi connectivity index (χ1n) is 9.77. The molecule has 1 aromatic heterocycles. The first-order valence-corrected chi connectivity index (χ1v) is 9.77. The van der Waals surface area contributed by atoms with E-state index in [0.29, 0.717) is 18.0 Å². The van der Waals surface area contributed by atoms with Crippen LogP contribution in [0, 0.1) is 5.92 Å². The van der Waals surface area contributed by atoms with E-state index in [-0.39, 0.29) is 18.2 Å². The molecule has 0 radical (unpaired) electrons. The van der Waals surface area contributed by atoms with Crippen molar-refractivity contribution in [2.45, 2.75) is 6.42 Å². The van der Waals surface area contributed by atoms with E-state index in [4.69, 9.17) is 4.42 Å². The van der Waals surface area contributed by atoms with Crippen molar-refractivity contribution in [3.05, 3.63) is 79.3 Å². The Labute approximate surface area is 173 Å². The van der Waals surface area contributed by atoms with Gasteiger partial charge in [0, 0.05) is 29.6 Å². The molecule has 6 nitrogen and oxygen atoms in total. The van der Waals surface area contributed by atoms with Gasteiger partial charge in [0.1, 0.15) is 0 Å². The van der Waals surface area contributed by atoms with Crippen molar-refractivity contribution in [3.63, 3.8) is 0 Å². The molecule has 4 aromatic rings. The van der Waals surface area contributed by atoms with Gasteiger partial charge >= 0.3 is 0 Å². The lowest BCUT2D eigenvalue weighted by atomic mass is 10.1. The summed E-state index contributed by atoms with van der Waals surface area (Å²) in [5.74, 6) is 0.0797. The molecule has 3 aromatic carbocycles. The summed E-state index contributed by atoms with van der Waals surface area (Å²) in [7, 11) is 0. The van der Waals surface area contributed by atoms with Crippen LogP contribution >= 0.6 is 0 Å². The van der Waals surface area contributed by atoms with Gasteiger partial charge in [0.25, 0.3) is 0 Å². The number of nitrogens with zero attached hydrogens (tertiary/aromatic N) is 2. The predicted molar refractivity (Wildman–Crippen MR) is 115 cm³/mol. The Morgan fingerprint density at radius 3 is 2.63 bits per heavy atom. The zero-order valence-corrected chi connectivity index (χ0v) is 16.1. The molecule has 1 aliphatic rings. The number of hydrogen-bond donors (Lipinski definition) is 1. The van der Waals surface area contributed by atoms with Crippen LogP contribution in [0.4, 0.5) is 11.4 Å². The number of oxazole rings is 1. The largest absolute Gasteiger partial charge is 0.444 e. The third-order valence-corrected chi connectivity index (χ3v) is 5.42. The molecule has 1 unspecified atom stereocenters. The number of hydrogen-bond acceptors (Lipinski definition) is 4. The van der Waals surface area contributed by atoms with Crippen molar-refractivity contribution in [2.75, 3.05) is 16.8 Å². The Kier molecular flexibility index (Phi) is 4.52. The molecule has 0 saturated carbocycles. The molecular weight excluding hydrogens is 378 g/mol. The van der Waals surface area contributed by atoms with E-state index in [2.05, 4.69) is 10.3 Å². The topological polar surface area (TPSA) is 75.4 Å². The lowest BCUT2D eigenvalue weighted by molar-refractivity contribution is -0.122. The maximum absolute atomic E-state index is 12.8. The monoisotopic (exact) mass is 397 g/mol. The molecule has 1 N–H and O–H groups in total. The number of carbonyl (C=O) groups is 2. The fourth-order valence-corrected chi connectivity index (χ4v) is 3.88. The third-order valence-electron chi connectivity index (χ3n) is 5.42. The van der Waals surface area contributed by atoms with Gasteiger partial charge in [-0.1, -0.05) is 36.4 Å². The van der Waals surface area contributed by atoms with E-state index < -0.39 is 5.92 Å². The molecule has 2 heterocycles. The number of aromatic nitrogens is 1. The maximum atomic E-state index is 12.8. The van der Waals surface area contributed by atoms with E-state index in [1.807, 2.05) is 66.7 Å². The summed E-state index contributed by atoms with van der Waals surface area (Å²) in [5, 5.41) is 5.01. The van der Waals surface area contributed by atoms with Crippen molar-refractivity contribution in [1.82, 2.24) is 4.98 Å². The molecule has 1 atom stereocenters.